The van der Waals surface area contributed by atoms with E-state index in [1.54, 1.807) is 0 Å². The number of benzene rings is 8. The van der Waals surface area contributed by atoms with Gasteiger partial charge in [-0.05, 0) is 105 Å². The summed E-state index contributed by atoms with van der Waals surface area (Å²) in [6, 6.07) is 54.3. The lowest BCUT2D eigenvalue weighted by molar-refractivity contribution is 0.590. The van der Waals surface area contributed by atoms with Crippen molar-refractivity contribution in [2.45, 2.75) is 52.4 Å². The molecule has 0 unspecified atom stereocenters. The van der Waals surface area contributed by atoms with Gasteiger partial charge in [0, 0.05) is 93.9 Å². The molecule has 2 aliphatic heterocycles. The molecule has 4 aromatic heterocycles. The van der Waals surface area contributed by atoms with Crippen LogP contribution in [0.15, 0.2) is 140 Å². The summed E-state index contributed by atoms with van der Waals surface area (Å²) in [7, 11) is 0. The molecule has 0 saturated carbocycles. The Morgan fingerprint density at radius 2 is 1.06 bits per heavy atom. The van der Waals surface area contributed by atoms with Gasteiger partial charge in [0.25, 0.3) is 0 Å². The molecule has 0 bridgehead atoms. The molecule has 6 heteroatoms. The lowest BCUT2D eigenvalue weighted by Crippen LogP contribution is -2.60. The number of rotatable bonds is 1. The normalized spacial score (nSPS) is 13.9. The quantitative estimate of drug-likeness (QED) is 0.149. The second-order valence-electron chi connectivity index (χ2n) is 19.7. The maximum atomic E-state index is 2.73. The van der Waals surface area contributed by atoms with Gasteiger partial charge in [-0.2, -0.15) is 0 Å². The average molecular weight is 849 g/mol. The number of thiophene rings is 3. The molecule has 62 heavy (non-hydrogen) atoms. The van der Waals surface area contributed by atoms with Crippen molar-refractivity contribution in [2.75, 3.05) is 4.81 Å². The standard InChI is InChI=1S/C56H41BN2S3/c1-55(2,3)30-19-22-32(23-20-30)59-42-29-48-36(33-13-7-10-16-44(33)61-48)26-39(42)49-50-35-15-9-12-18-46(35)62-54(50)51-38-25-31(56(4,5)6)21-24-41(38)58-43-27-37-34-14-8-11-17-45(34)60-47(37)28-40(43)57(59)52(49)53(51)58/h7-29H,1-6H3. The minimum atomic E-state index is -0.0705. The summed E-state index contributed by atoms with van der Waals surface area (Å²) in [5, 5.41) is 10.8. The fraction of sp³-hybridized carbons (Fsp3) is 0.143. The molecule has 0 atom stereocenters. The second kappa shape index (κ2) is 12.0. The number of anilines is 2. The summed E-state index contributed by atoms with van der Waals surface area (Å²) in [5.74, 6) is 0. The highest BCUT2D eigenvalue weighted by molar-refractivity contribution is 7.27. The monoisotopic (exact) mass is 848 g/mol. The topological polar surface area (TPSA) is 8.17 Å². The fourth-order valence-corrected chi connectivity index (χ4v) is 14.6. The Labute approximate surface area is 372 Å². The Morgan fingerprint density at radius 3 is 1.74 bits per heavy atom. The number of fused-ring (bicyclic) bond motifs is 19. The van der Waals surface area contributed by atoms with Crippen LogP contribution in [-0.4, -0.2) is 11.4 Å². The van der Waals surface area contributed by atoms with Gasteiger partial charge in [0.15, 0.2) is 0 Å². The van der Waals surface area contributed by atoms with Gasteiger partial charge in [-0.3, -0.25) is 0 Å². The molecular formula is C56H41BN2S3. The van der Waals surface area contributed by atoms with Crippen molar-refractivity contribution < 1.29 is 0 Å². The number of aromatic nitrogens is 1. The van der Waals surface area contributed by atoms with E-state index in [1.165, 1.54) is 133 Å². The average Bonchev–Trinajstić information content (AvgIpc) is 4.02. The van der Waals surface area contributed by atoms with E-state index < -0.39 is 0 Å². The van der Waals surface area contributed by atoms with Crippen LogP contribution < -0.4 is 15.7 Å². The largest absolute Gasteiger partial charge is 0.376 e. The van der Waals surface area contributed by atoms with E-state index in [4.69, 9.17) is 0 Å². The van der Waals surface area contributed by atoms with E-state index in [-0.39, 0.29) is 17.7 Å². The Morgan fingerprint density at radius 1 is 0.468 bits per heavy atom. The second-order valence-corrected chi connectivity index (χ2v) is 22.9. The van der Waals surface area contributed by atoms with Crippen molar-refractivity contribution >= 4 is 145 Å². The first-order valence-corrected chi connectivity index (χ1v) is 24.2. The molecule has 14 rings (SSSR count). The first-order valence-electron chi connectivity index (χ1n) is 21.8. The van der Waals surface area contributed by atoms with E-state index in [2.05, 4.69) is 190 Å². The Kier molecular flexibility index (Phi) is 6.88. The van der Waals surface area contributed by atoms with Gasteiger partial charge in [-0.1, -0.05) is 114 Å². The summed E-state index contributed by atoms with van der Waals surface area (Å²) < 4.78 is 10.8. The van der Waals surface area contributed by atoms with Crippen LogP contribution in [0, 0.1) is 0 Å². The minimum absolute atomic E-state index is 0.00210. The van der Waals surface area contributed by atoms with Crippen LogP contribution in [0.5, 0.6) is 0 Å². The highest BCUT2D eigenvalue weighted by Gasteiger charge is 2.46. The highest BCUT2D eigenvalue weighted by Crippen LogP contribution is 2.54. The zero-order valence-electron chi connectivity index (χ0n) is 35.5. The van der Waals surface area contributed by atoms with Crippen molar-refractivity contribution in [3.63, 3.8) is 0 Å². The van der Waals surface area contributed by atoms with Gasteiger partial charge in [-0.15, -0.1) is 34.0 Å². The zero-order chi connectivity index (χ0) is 41.6. The predicted molar refractivity (Wildman–Crippen MR) is 276 cm³/mol. The first kappa shape index (κ1) is 35.7. The van der Waals surface area contributed by atoms with Crippen molar-refractivity contribution in [1.82, 2.24) is 4.57 Å². The molecular weight excluding hydrogens is 808 g/mol. The number of hydrogen-bond donors (Lipinski definition) is 0. The molecule has 12 aromatic rings. The van der Waals surface area contributed by atoms with E-state index >= 15 is 0 Å². The molecule has 2 nitrogen and oxygen atoms in total. The molecule has 0 N–H and O–H groups in total. The third-order valence-corrected chi connectivity index (χ3v) is 17.5. The summed E-state index contributed by atoms with van der Waals surface area (Å²) in [6.45, 7) is 13.9. The van der Waals surface area contributed by atoms with Gasteiger partial charge in [0.2, 0.25) is 0 Å². The minimum Gasteiger partial charge on any atom is -0.376 e. The fourth-order valence-electron chi connectivity index (χ4n) is 11.1. The lowest BCUT2D eigenvalue weighted by atomic mass is 9.43. The molecule has 6 heterocycles. The highest BCUT2D eigenvalue weighted by atomic mass is 32.1. The van der Waals surface area contributed by atoms with Crippen LogP contribution in [0.4, 0.5) is 11.4 Å². The predicted octanol–water partition coefficient (Wildman–Crippen LogP) is 15.7. The van der Waals surface area contributed by atoms with Crippen LogP contribution in [-0.2, 0) is 10.8 Å². The SMILES string of the molecule is CC(C)(C)c1ccc(N2B3c4cc5sc6ccccc6c5cc4-n4c5ccc(C(C)(C)C)cc5c5c6sc7ccccc7c6c(c3c54)-c3cc4c(cc32)sc2ccccc24)cc1. The van der Waals surface area contributed by atoms with Crippen molar-refractivity contribution in [1.29, 1.82) is 0 Å². The first-order chi connectivity index (χ1) is 30.0. The molecule has 2 aliphatic rings. The van der Waals surface area contributed by atoms with Crippen molar-refractivity contribution in [2.24, 2.45) is 0 Å². The van der Waals surface area contributed by atoms with Crippen LogP contribution in [0.1, 0.15) is 52.7 Å². The molecule has 296 valence electrons. The van der Waals surface area contributed by atoms with Crippen molar-refractivity contribution in [3.8, 4) is 16.8 Å². The number of nitrogens with zero attached hydrogens (tertiary/aromatic N) is 2. The van der Waals surface area contributed by atoms with Crippen LogP contribution >= 0.6 is 34.0 Å². The van der Waals surface area contributed by atoms with E-state index in [1.807, 2.05) is 34.0 Å². The Balaban J connectivity index is 1.24. The third-order valence-electron chi connectivity index (χ3n) is 14.1. The Bertz CT molecular complexity index is 3960. The maximum absolute atomic E-state index is 2.73. The van der Waals surface area contributed by atoms with Gasteiger partial charge in [-0.25, -0.2) is 0 Å². The van der Waals surface area contributed by atoms with Crippen molar-refractivity contribution in [3.05, 3.63) is 151 Å². The molecule has 0 spiro atoms. The van der Waals surface area contributed by atoms with Crippen LogP contribution in [0.3, 0.4) is 0 Å². The summed E-state index contributed by atoms with van der Waals surface area (Å²) in [6.07, 6.45) is 0. The van der Waals surface area contributed by atoms with Crippen LogP contribution in [0.25, 0.3) is 99.1 Å². The van der Waals surface area contributed by atoms with E-state index in [9.17, 15) is 0 Å². The zero-order valence-corrected chi connectivity index (χ0v) is 37.9. The summed E-state index contributed by atoms with van der Waals surface area (Å²) >= 11 is 5.82. The van der Waals surface area contributed by atoms with Gasteiger partial charge >= 0.3 is 6.85 Å². The summed E-state index contributed by atoms with van der Waals surface area (Å²) in [5.41, 5.74) is 14.7. The third kappa shape index (κ3) is 4.60. The Hall–Kier alpha value is -5.92. The summed E-state index contributed by atoms with van der Waals surface area (Å²) in [4.78, 5) is 2.73. The van der Waals surface area contributed by atoms with E-state index in [0.717, 1.165) is 0 Å². The molecule has 0 fully saturated rings. The van der Waals surface area contributed by atoms with Gasteiger partial charge in [0.05, 0.1) is 11.0 Å². The molecule has 8 aromatic carbocycles. The van der Waals surface area contributed by atoms with Crippen LogP contribution in [0.2, 0.25) is 0 Å². The molecule has 0 amide bonds. The van der Waals surface area contributed by atoms with Gasteiger partial charge < -0.3 is 9.38 Å². The molecule has 0 radical (unpaired) electrons. The smallest absolute Gasteiger partial charge is 0.333 e. The number of hydrogen-bond acceptors (Lipinski definition) is 4. The van der Waals surface area contributed by atoms with Gasteiger partial charge in [0.1, 0.15) is 0 Å². The maximum Gasteiger partial charge on any atom is 0.333 e. The molecule has 0 aliphatic carbocycles. The lowest BCUT2D eigenvalue weighted by Gasteiger charge is -2.42. The molecule has 0 saturated heterocycles. The van der Waals surface area contributed by atoms with E-state index in [0.29, 0.717) is 0 Å².